The van der Waals surface area contributed by atoms with E-state index in [0.717, 1.165) is 57.8 Å². The van der Waals surface area contributed by atoms with Crippen molar-refractivity contribution >= 4 is 17.9 Å². The van der Waals surface area contributed by atoms with Crippen molar-refractivity contribution in [1.82, 2.24) is 0 Å². The molecule has 76 heavy (non-hydrogen) atoms. The van der Waals surface area contributed by atoms with Crippen LogP contribution in [0.3, 0.4) is 0 Å². The molecule has 0 radical (unpaired) electrons. The monoisotopic (exact) mass is 1070 g/mol. The lowest BCUT2D eigenvalue weighted by atomic mass is 10.0. The minimum absolute atomic E-state index is 0.0660. The summed E-state index contributed by atoms with van der Waals surface area (Å²) in [6.45, 7) is 6.67. The van der Waals surface area contributed by atoms with Gasteiger partial charge in [0, 0.05) is 19.3 Å². The normalized spacial score (nSPS) is 12.0. The molecule has 6 nitrogen and oxygen atoms in total. The van der Waals surface area contributed by atoms with Crippen LogP contribution in [-0.4, -0.2) is 37.2 Å². The molecule has 6 heteroatoms. The van der Waals surface area contributed by atoms with Gasteiger partial charge >= 0.3 is 17.9 Å². The van der Waals surface area contributed by atoms with Crippen LogP contribution in [0.15, 0.2) is 12.2 Å². The van der Waals surface area contributed by atoms with Gasteiger partial charge < -0.3 is 14.2 Å². The number of hydrogen-bond donors (Lipinski definition) is 0. The Bertz CT molecular complexity index is 1180. The van der Waals surface area contributed by atoms with E-state index >= 15 is 0 Å². The number of rotatable bonds is 65. The van der Waals surface area contributed by atoms with E-state index in [1.54, 1.807) is 0 Å². The minimum Gasteiger partial charge on any atom is -0.462 e. The zero-order valence-corrected chi connectivity index (χ0v) is 51.8. The molecular weight excluding hydrogens is 937 g/mol. The zero-order valence-electron chi connectivity index (χ0n) is 51.8. The molecular formula is C70H134O6. The Hall–Kier alpha value is -1.85. The number of unbranched alkanes of at least 4 members (excludes halogenated alkanes) is 52. The van der Waals surface area contributed by atoms with Gasteiger partial charge in [0.05, 0.1) is 0 Å². The van der Waals surface area contributed by atoms with Crippen molar-refractivity contribution in [3.8, 4) is 0 Å². The Labute approximate surface area is 475 Å². The molecule has 450 valence electrons. The van der Waals surface area contributed by atoms with E-state index in [1.165, 1.54) is 302 Å². The second kappa shape index (κ2) is 65.7. The molecule has 0 aromatic heterocycles. The summed E-state index contributed by atoms with van der Waals surface area (Å²) in [7, 11) is 0. The molecule has 0 saturated carbocycles. The standard InChI is InChI=1S/C70H134O6/c1-4-7-10-13-16-19-21-23-25-27-28-29-30-31-32-33-34-35-36-37-38-39-40-41-42-44-45-47-49-51-54-57-60-63-69(72)75-66-67(65-74-68(71)62-59-56-53-18-15-12-9-6-3)76-70(73)64-61-58-55-52-50-48-46-43-26-24-22-20-17-14-11-8-5-2/h24,26,67H,4-23,25,27-66H2,1-3H3/b26-24-. The van der Waals surface area contributed by atoms with Crippen LogP contribution in [-0.2, 0) is 28.6 Å². The van der Waals surface area contributed by atoms with Gasteiger partial charge in [0.2, 0.25) is 0 Å². The van der Waals surface area contributed by atoms with Gasteiger partial charge in [-0.1, -0.05) is 348 Å². The number of ether oxygens (including phenoxy) is 3. The van der Waals surface area contributed by atoms with Gasteiger partial charge in [0.25, 0.3) is 0 Å². The van der Waals surface area contributed by atoms with E-state index in [-0.39, 0.29) is 31.1 Å². The predicted molar refractivity (Wildman–Crippen MR) is 330 cm³/mol. The first-order valence-corrected chi connectivity index (χ1v) is 34.7. The van der Waals surface area contributed by atoms with Crippen LogP contribution >= 0.6 is 0 Å². The van der Waals surface area contributed by atoms with Crippen LogP contribution < -0.4 is 0 Å². The van der Waals surface area contributed by atoms with Crippen LogP contribution in [0.1, 0.15) is 400 Å². The summed E-state index contributed by atoms with van der Waals surface area (Å²) in [5.74, 6) is -0.848. The minimum atomic E-state index is -0.767. The Morgan fingerprint density at radius 2 is 0.434 bits per heavy atom. The number of esters is 3. The van der Waals surface area contributed by atoms with E-state index in [4.69, 9.17) is 14.2 Å². The Kier molecular flexibility index (Phi) is 64.1. The van der Waals surface area contributed by atoms with Gasteiger partial charge in [-0.05, 0) is 44.9 Å². The van der Waals surface area contributed by atoms with Crippen molar-refractivity contribution in [2.45, 2.75) is 406 Å². The molecule has 0 aromatic rings. The van der Waals surface area contributed by atoms with E-state index < -0.39 is 6.10 Å². The number of carbonyl (C=O) groups excluding carboxylic acids is 3. The highest BCUT2D eigenvalue weighted by Crippen LogP contribution is 2.19. The van der Waals surface area contributed by atoms with Gasteiger partial charge in [-0.25, -0.2) is 0 Å². The fraction of sp³-hybridized carbons (Fsp3) is 0.929. The molecule has 0 bridgehead atoms. The van der Waals surface area contributed by atoms with E-state index in [1.807, 2.05) is 0 Å². The topological polar surface area (TPSA) is 78.9 Å². The number of allylic oxidation sites excluding steroid dienone is 2. The summed E-state index contributed by atoms with van der Waals surface area (Å²) in [4.78, 5) is 38.1. The van der Waals surface area contributed by atoms with Crippen LogP contribution in [0.4, 0.5) is 0 Å². The van der Waals surface area contributed by atoms with E-state index in [0.29, 0.717) is 19.3 Å². The lowest BCUT2D eigenvalue weighted by molar-refractivity contribution is -0.167. The maximum Gasteiger partial charge on any atom is 0.306 e. The third kappa shape index (κ3) is 63.0. The lowest BCUT2D eigenvalue weighted by Gasteiger charge is -2.18. The lowest BCUT2D eigenvalue weighted by Crippen LogP contribution is -2.30. The Morgan fingerprint density at radius 3 is 0.658 bits per heavy atom. The summed E-state index contributed by atoms with van der Waals surface area (Å²) in [5.41, 5.74) is 0. The van der Waals surface area contributed by atoms with Crippen molar-refractivity contribution < 1.29 is 28.6 Å². The first-order valence-electron chi connectivity index (χ1n) is 34.7. The summed E-state index contributed by atoms with van der Waals surface area (Å²) in [5, 5.41) is 0. The number of carbonyl (C=O) groups is 3. The molecule has 0 aliphatic carbocycles. The SMILES string of the molecule is CCCCCCCC/C=C\CCCCCCCCCC(=O)OC(COC(=O)CCCCCCCCCC)COC(=O)CCCCCCCCCCCCCCCCCCCCCCCCCCCCCCCCCCC. The molecule has 0 amide bonds. The van der Waals surface area contributed by atoms with Crippen LogP contribution in [0.2, 0.25) is 0 Å². The van der Waals surface area contributed by atoms with Crippen molar-refractivity contribution in [3.05, 3.63) is 12.2 Å². The van der Waals surface area contributed by atoms with Crippen molar-refractivity contribution in [2.75, 3.05) is 13.2 Å². The first kappa shape index (κ1) is 74.2. The molecule has 0 fully saturated rings. The van der Waals surface area contributed by atoms with Crippen LogP contribution in [0.25, 0.3) is 0 Å². The van der Waals surface area contributed by atoms with Crippen molar-refractivity contribution in [1.29, 1.82) is 0 Å². The molecule has 0 aromatic carbocycles. The second-order valence-electron chi connectivity index (χ2n) is 23.8. The maximum atomic E-state index is 12.9. The van der Waals surface area contributed by atoms with Crippen molar-refractivity contribution in [2.24, 2.45) is 0 Å². The Morgan fingerprint density at radius 1 is 0.250 bits per heavy atom. The summed E-state index contributed by atoms with van der Waals surface area (Å²) in [6.07, 6.45) is 78.5. The fourth-order valence-electron chi connectivity index (χ4n) is 10.8. The molecule has 0 N–H and O–H groups in total. The molecule has 0 heterocycles. The third-order valence-electron chi connectivity index (χ3n) is 16.0. The average Bonchev–Trinajstić information content (AvgIpc) is 3.42. The highest BCUT2D eigenvalue weighted by Gasteiger charge is 2.19. The van der Waals surface area contributed by atoms with Crippen LogP contribution in [0, 0.1) is 0 Å². The van der Waals surface area contributed by atoms with Crippen molar-refractivity contribution in [3.63, 3.8) is 0 Å². The zero-order chi connectivity index (χ0) is 55.0. The molecule has 1 unspecified atom stereocenters. The molecule has 1 atom stereocenters. The van der Waals surface area contributed by atoms with Crippen LogP contribution in [0.5, 0.6) is 0 Å². The first-order chi connectivity index (χ1) is 37.5. The summed E-state index contributed by atoms with van der Waals surface area (Å²) >= 11 is 0. The fourth-order valence-corrected chi connectivity index (χ4v) is 10.8. The molecule has 0 spiro atoms. The highest BCUT2D eigenvalue weighted by atomic mass is 16.6. The third-order valence-corrected chi connectivity index (χ3v) is 16.0. The largest absolute Gasteiger partial charge is 0.462 e. The van der Waals surface area contributed by atoms with Gasteiger partial charge in [-0.2, -0.15) is 0 Å². The summed E-state index contributed by atoms with van der Waals surface area (Å²) in [6, 6.07) is 0. The smallest absolute Gasteiger partial charge is 0.306 e. The van der Waals surface area contributed by atoms with E-state index in [2.05, 4.69) is 32.9 Å². The highest BCUT2D eigenvalue weighted by molar-refractivity contribution is 5.71. The predicted octanol–water partition coefficient (Wildman–Crippen LogP) is 23.6. The number of hydrogen-bond acceptors (Lipinski definition) is 6. The second-order valence-corrected chi connectivity index (χ2v) is 23.8. The van der Waals surface area contributed by atoms with Gasteiger partial charge in [0.1, 0.15) is 13.2 Å². The average molecular weight is 1070 g/mol. The molecule has 0 rings (SSSR count). The van der Waals surface area contributed by atoms with Gasteiger partial charge in [-0.3, -0.25) is 14.4 Å². The Balaban J connectivity index is 3.96. The van der Waals surface area contributed by atoms with Gasteiger partial charge in [-0.15, -0.1) is 0 Å². The maximum absolute atomic E-state index is 12.9. The van der Waals surface area contributed by atoms with Gasteiger partial charge in [0.15, 0.2) is 6.10 Å². The molecule has 0 aliphatic heterocycles. The molecule has 0 saturated heterocycles. The molecule has 0 aliphatic rings. The van der Waals surface area contributed by atoms with E-state index in [9.17, 15) is 14.4 Å². The summed E-state index contributed by atoms with van der Waals surface area (Å²) < 4.78 is 16.9. The quantitative estimate of drug-likeness (QED) is 0.0261.